The Balaban J connectivity index is 1.70. The lowest BCUT2D eigenvalue weighted by molar-refractivity contribution is 0.0986. The summed E-state index contributed by atoms with van der Waals surface area (Å²) in [5, 5.41) is 4.19. The molecule has 0 radical (unpaired) electrons. The smallest absolute Gasteiger partial charge is 0.263 e. The van der Waals surface area contributed by atoms with Crippen molar-refractivity contribution in [3.63, 3.8) is 0 Å². The molecule has 5 nitrogen and oxygen atoms in total. The lowest BCUT2D eigenvalue weighted by Crippen LogP contribution is -2.31. The zero-order valence-corrected chi connectivity index (χ0v) is 16.1. The van der Waals surface area contributed by atoms with Gasteiger partial charge in [0.2, 0.25) is 0 Å². The molecule has 5 heteroatoms. The van der Waals surface area contributed by atoms with Gasteiger partial charge in [-0.15, -0.1) is 0 Å². The van der Waals surface area contributed by atoms with Crippen LogP contribution in [0.4, 0.5) is 11.4 Å². The maximum atomic E-state index is 13.4. The summed E-state index contributed by atoms with van der Waals surface area (Å²) in [7, 11) is 0. The SMILES string of the molecule is Cc1onc(C(C)(C)C)c1C(=O)N1CCc2ccc(N3CCCC3)cc21. The van der Waals surface area contributed by atoms with Crippen LogP contribution in [0, 0.1) is 6.92 Å². The number of rotatable bonds is 2. The summed E-state index contributed by atoms with van der Waals surface area (Å²) in [6.45, 7) is 10.9. The Labute approximate surface area is 155 Å². The Bertz CT molecular complexity index is 841. The third-order valence-electron chi connectivity index (χ3n) is 5.47. The van der Waals surface area contributed by atoms with Gasteiger partial charge in [-0.05, 0) is 43.9 Å². The Morgan fingerprint density at radius 1 is 1.15 bits per heavy atom. The fraction of sp³-hybridized carbons (Fsp3) is 0.524. The van der Waals surface area contributed by atoms with Gasteiger partial charge in [0.25, 0.3) is 5.91 Å². The molecule has 2 aliphatic heterocycles. The molecule has 0 N–H and O–H groups in total. The fourth-order valence-electron chi connectivity index (χ4n) is 4.02. The standard InChI is InChI=1S/C21H27N3O2/c1-14-18(19(22-26-14)21(2,3)4)20(25)24-12-9-15-7-8-16(13-17(15)24)23-10-5-6-11-23/h7-8,13H,5-6,9-12H2,1-4H3. The second kappa shape index (κ2) is 6.15. The van der Waals surface area contributed by atoms with E-state index in [1.54, 1.807) is 0 Å². The van der Waals surface area contributed by atoms with Crippen LogP contribution in [0.15, 0.2) is 22.7 Å². The van der Waals surface area contributed by atoms with Crippen molar-refractivity contribution in [2.45, 2.75) is 52.4 Å². The lowest BCUT2D eigenvalue weighted by Gasteiger charge is -2.23. The summed E-state index contributed by atoms with van der Waals surface area (Å²) in [5.74, 6) is 0.607. The molecular weight excluding hydrogens is 326 g/mol. The fourth-order valence-corrected chi connectivity index (χ4v) is 4.02. The summed E-state index contributed by atoms with van der Waals surface area (Å²) in [6.07, 6.45) is 3.39. The molecule has 4 rings (SSSR count). The summed E-state index contributed by atoms with van der Waals surface area (Å²) in [6, 6.07) is 6.57. The third kappa shape index (κ3) is 2.79. The number of aromatic nitrogens is 1. The van der Waals surface area contributed by atoms with Gasteiger partial charge in [-0.1, -0.05) is 32.0 Å². The summed E-state index contributed by atoms with van der Waals surface area (Å²) < 4.78 is 5.39. The minimum atomic E-state index is -0.233. The maximum absolute atomic E-state index is 13.4. The van der Waals surface area contributed by atoms with Gasteiger partial charge >= 0.3 is 0 Å². The molecular formula is C21H27N3O2. The Morgan fingerprint density at radius 2 is 1.88 bits per heavy atom. The zero-order valence-electron chi connectivity index (χ0n) is 16.1. The van der Waals surface area contributed by atoms with Gasteiger partial charge in [-0.3, -0.25) is 4.79 Å². The number of benzene rings is 1. The number of hydrogen-bond donors (Lipinski definition) is 0. The van der Waals surface area contributed by atoms with E-state index in [4.69, 9.17) is 4.52 Å². The van der Waals surface area contributed by atoms with Crippen LogP contribution in [-0.4, -0.2) is 30.7 Å². The number of carbonyl (C=O) groups excluding carboxylic acids is 1. The number of nitrogens with zero attached hydrogens (tertiary/aromatic N) is 3. The molecule has 0 bridgehead atoms. The molecule has 0 saturated carbocycles. The van der Waals surface area contributed by atoms with Crippen molar-refractivity contribution in [1.29, 1.82) is 0 Å². The van der Waals surface area contributed by atoms with Crippen LogP contribution in [0.2, 0.25) is 0 Å². The quantitative estimate of drug-likeness (QED) is 0.816. The van der Waals surface area contributed by atoms with Gasteiger partial charge in [0.15, 0.2) is 0 Å². The highest BCUT2D eigenvalue weighted by molar-refractivity contribution is 6.09. The second-order valence-corrected chi connectivity index (χ2v) is 8.43. The first-order valence-electron chi connectivity index (χ1n) is 9.53. The monoisotopic (exact) mass is 353 g/mol. The average molecular weight is 353 g/mol. The predicted molar refractivity (Wildman–Crippen MR) is 103 cm³/mol. The first kappa shape index (κ1) is 17.1. The molecule has 3 heterocycles. The van der Waals surface area contributed by atoms with E-state index in [2.05, 4.69) is 49.0 Å². The van der Waals surface area contributed by atoms with E-state index in [0.717, 1.165) is 30.9 Å². The minimum absolute atomic E-state index is 0.00555. The van der Waals surface area contributed by atoms with Gasteiger partial charge in [0.1, 0.15) is 17.0 Å². The molecule has 1 amide bonds. The molecule has 0 aliphatic carbocycles. The van der Waals surface area contributed by atoms with Gasteiger partial charge in [-0.2, -0.15) is 0 Å². The molecule has 1 aromatic carbocycles. The predicted octanol–water partition coefficient (Wildman–Crippen LogP) is 4.08. The van der Waals surface area contributed by atoms with Crippen LogP contribution in [-0.2, 0) is 11.8 Å². The van der Waals surface area contributed by atoms with Crippen LogP contribution in [0.1, 0.15) is 61.0 Å². The topological polar surface area (TPSA) is 49.6 Å². The molecule has 1 aromatic heterocycles. The highest BCUT2D eigenvalue weighted by Crippen LogP contribution is 2.36. The van der Waals surface area contributed by atoms with Crippen LogP contribution < -0.4 is 9.80 Å². The number of aryl methyl sites for hydroxylation is 1. The van der Waals surface area contributed by atoms with E-state index >= 15 is 0 Å². The molecule has 2 aromatic rings. The average Bonchev–Trinajstić information content (AvgIpc) is 3.32. The minimum Gasteiger partial charge on any atom is -0.371 e. The molecule has 26 heavy (non-hydrogen) atoms. The van der Waals surface area contributed by atoms with Crippen molar-refractivity contribution in [1.82, 2.24) is 5.16 Å². The van der Waals surface area contributed by atoms with Gasteiger partial charge in [0, 0.05) is 36.4 Å². The Kier molecular flexibility index (Phi) is 4.05. The maximum Gasteiger partial charge on any atom is 0.263 e. The number of anilines is 2. The summed E-state index contributed by atoms with van der Waals surface area (Å²) in [4.78, 5) is 17.7. The van der Waals surface area contributed by atoms with Crippen molar-refractivity contribution in [3.8, 4) is 0 Å². The Hall–Kier alpha value is -2.30. The highest BCUT2D eigenvalue weighted by Gasteiger charge is 2.34. The molecule has 2 aliphatic rings. The molecule has 1 fully saturated rings. The van der Waals surface area contributed by atoms with E-state index in [9.17, 15) is 4.79 Å². The first-order chi connectivity index (χ1) is 12.4. The molecule has 0 spiro atoms. The van der Waals surface area contributed by atoms with Crippen LogP contribution in [0.25, 0.3) is 0 Å². The largest absolute Gasteiger partial charge is 0.371 e. The number of carbonyl (C=O) groups is 1. The second-order valence-electron chi connectivity index (χ2n) is 8.43. The van der Waals surface area contributed by atoms with Crippen molar-refractivity contribution in [3.05, 3.63) is 40.8 Å². The summed E-state index contributed by atoms with van der Waals surface area (Å²) in [5.41, 5.74) is 4.63. The van der Waals surface area contributed by atoms with Crippen LogP contribution >= 0.6 is 0 Å². The molecule has 0 atom stereocenters. The number of hydrogen-bond acceptors (Lipinski definition) is 4. The van der Waals surface area contributed by atoms with Crippen molar-refractivity contribution in [2.24, 2.45) is 0 Å². The molecule has 0 unspecified atom stereocenters. The van der Waals surface area contributed by atoms with Crippen molar-refractivity contribution in [2.75, 3.05) is 29.4 Å². The molecule has 1 saturated heterocycles. The van der Waals surface area contributed by atoms with E-state index in [0.29, 0.717) is 17.9 Å². The zero-order chi connectivity index (χ0) is 18.5. The highest BCUT2D eigenvalue weighted by atomic mass is 16.5. The van der Waals surface area contributed by atoms with E-state index in [1.807, 2.05) is 11.8 Å². The van der Waals surface area contributed by atoms with Crippen LogP contribution in [0.5, 0.6) is 0 Å². The summed E-state index contributed by atoms with van der Waals surface area (Å²) >= 11 is 0. The van der Waals surface area contributed by atoms with E-state index < -0.39 is 0 Å². The number of fused-ring (bicyclic) bond motifs is 1. The van der Waals surface area contributed by atoms with E-state index in [1.165, 1.54) is 24.1 Å². The molecule has 138 valence electrons. The third-order valence-corrected chi connectivity index (χ3v) is 5.47. The van der Waals surface area contributed by atoms with Gasteiger partial charge in [0.05, 0.1) is 0 Å². The van der Waals surface area contributed by atoms with Crippen LogP contribution in [0.3, 0.4) is 0 Å². The lowest BCUT2D eigenvalue weighted by atomic mass is 9.88. The van der Waals surface area contributed by atoms with E-state index in [-0.39, 0.29) is 11.3 Å². The van der Waals surface area contributed by atoms with Crippen molar-refractivity contribution >= 4 is 17.3 Å². The Morgan fingerprint density at radius 3 is 2.58 bits per heavy atom. The first-order valence-corrected chi connectivity index (χ1v) is 9.53. The van der Waals surface area contributed by atoms with Crippen molar-refractivity contribution < 1.29 is 9.32 Å². The van der Waals surface area contributed by atoms with Gasteiger partial charge < -0.3 is 14.3 Å². The van der Waals surface area contributed by atoms with Gasteiger partial charge in [-0.25, -0.2) is 0 Å². The number of amides is 1. The normalized spacial score (nSPS) is 17.1.